The minimum Gasteiger partial charge on any atom is -0.370 e. The lowest BCUT2D eigenvalue weighted by Crippen LogP contribution is -2.31. The Labute approximate surface area is 167 Å². The lowest BCUT2D eigenvalue weighted by atomic mass is 9.93. The SMILES string of the molecule is c1ccc(C(CSCCN2CCCc3ccccc32)c2ccccc2)cc1. The molecule has 0 atom stereocenters. The van der Waals surface area contributed by atoms with Crippen molar-refractivity contribution in [2.45, 2.75) is 18.8 Å². The number of hydrogen-bond donors (Lipinski definition) is 0. The molecular weight excluding hydrogens is 346 g/mol. The minimum absolute atomic E-state index is 0.464. The molecule has 0 aromatic heterocycles. The summed E-state index contributed by atoms with van der Waals surface area (Å²) < 4.78 is 0. The van der Waals surface area contributed by atoms with Gasteiger partial charge in [-0.2, -0.15) is 11.8 Å². The molecule has 0 spiro atoms. The van der Waals surface area contributed by atoms with Crippen LogP contribution in [-0.4, -0.2) is 24.6 Å². The molecule has 27 heavy (non-hydrogen) atoms. The van der Waals surface area contributed by atoms with Crippen LogP contribution in [0.1, 0.15) is 29.0 Å². The van der Waals surface area contributed by atoms with E-state index in [0.29, 0.717) is 5.92 Å². The highest BCUT2D eigenvalue weighted by Crippen LogP contribution is 2.30. The molecule has 3 aromatic rings. The monoisotopic (exact) mass is 373 g/mol. The fraction of sp³-hybridized carbons (Fsp3) is 0.280. The molecule has 3 aromatic carbocycles. The van der Waals surface area contributed by atoms with Gasteiger partial charge in [0.05, 0.1) is 0 Å². The number of thioether (sulfide) groups is 1. The van der Waals surface area contributed by atoms with Crippen molar-refractivity contribution in [3.8, 4) is 0 Å². The zero-order valence-corrected chi connectivity index (χ0v) is 16.6. The molecule has 0 amide bonds. The van der Waals surface area contributed by atoms with E-state index in [4.69, 9.17) is 0 Å². The number of hydrogen-bond acceptors (Lipinski definition) is 2. The molecule has 0 N–H and O–H groups in total. The van der Waals surface area contributed by atoms with Gasteiger partial charge in [-0.1, -0.05) is 78.9 Å². The first-order valence-corrected chi connectivity index (χ1v) is 11.1. The van der Waals surface area contributed by atoms with Gasteiger partial charge in [0.25, 0.3) is 0 Å². The lowest BCUT2D eigenvalue weighted by Gasteiger charge is -2.31. The third-order valence-corrected chi connectivity index (χ3v) is 6.44. The number of aryl methyl sites for hydroxylation is 1. The van der Waals surface area contributed by atoms with E-state index in [1.807, 2.05) is 0 Å². The van der Waals surface area contributed by atoms with Crippen LogP contribution in [0.4, 0.5) is 5.69 Å². The maximum atomic E-state index is 2.58. The van der Waals surface area contributed by atoms with Crippen molar-refractivity contribution in [1.29, 1.82) is 0 Å². The van der Waals surface area contributed by atoms with Crippen molar-refractivity contribution in [1.82, 2.24) is 0 Å². The molecule has 1 aliphatic rings. The van der Waals surface area contributed by atoms with Gasteiger partial charge in [-0.05, 0) is 35.6 Å². The van der Waals surface area contributed by atoms with Crippen molar-refractivity contribution in [3.63, 3.8) is 0 Å². The van der Waals surface area contributed by atoms with Gasteiger partial charge in [0, 0.05) is 36.2 Å². The van der Waals surface area contributed by atoms with Crippen molar-refractivity contribution < 1.29 is 0 Å². The van der Waals surface area contributed by atoms with Crippen LogP contribution in [0.2, 0.25) is 0 Å². The van der Waals surface area contributed by atoms with Crippen molar-refractivity contribution in [2.24, 2.45) is 0 Å². The maximum Gasteiger partial charge on any atom is 0.0399 e. The number of anilines is 1. The van der Waals surface area contributed by atoms with E-state index in [0.717, 1.165) is 12.3 Å². The van der Waals surface area contributed by atoms with Gasteiger partial charge in [0.15, 0.2) is 0 Å². The molecular formula is C25H27NS. The summed E-state index contributed by atoms with van der Waals surface area (Å²) in [7, 11) is 0. The Hall–Kier alpha value is -2.19. The third-order valence-electron chi connectivity index (χ3n) is 5.40. The first-order valence-electron chi connectivity index (χ1n) is 9.92. The Morgan fingerprint density at radius 1 is 0.778 bits per heavy atom. The molecule has 1 nitrogen and oxygen atoms in total. The first-order chi connectivity index (χ1) is 13.4. The fourth-order valence-corrected chi connectivity index (χ4v) is 5.11. The number of rotatable bonds is 7. The van der Waals surface area contributed by atoms with E-state index in [-0.39, 0.29) is 0 Å². The summed E-state index contributed by atoms with van der Waals surface area (Å²) >= 11 is 2.08. The zero-order chi connectivity index (χ0) is 18.3. The topological polar surface area (TPSA) is 3.24 Å². The van der Waals surface area contributed by atoms with Crippen LogP contribution >= 0.6 is 11.8 Å². The van der Waals surface area contributed by atoms with Crippen LogP contribution in [0.25, 0.3) is 0 Å². The fourth-order valence-electron chi connectivity index (χ4n) is 3.98. The summed E-state index contributed by atoms with van der Waals surface area (Å²) in [5.41, 5.74) is 5.80. The molecule has 0 saturated heterocycles. The molecule has 2 heteroatoms. The normalized spacial score (nSPS) is 13.6. The van der Waals surface area contributed by atoms with E-state index in [2.05, 4.69) is 102 Å². The molecule has 1 aliphatic heterocycles. The van der Waals surface area contributed by atoms with Gasteiger partial charge >= 0.3 is 0 Å². The van der Waals surface area contributed by atoms with Crippen LogP contribution in [-0.2, 0) is 6.42 Å². The molecule has 0 radical (unpaired) electrons. The summed E-state index contributed by atoms with van der Waals surface area (Å²) in [5, 5.41) is 0. The highest BCUT2D eigenvalue weighted by molar-refractivity contribution is 7.99. The number of benzene rings is 3. The smallest absolute Gasteiger partial charge is 0.0399 e. The average Bonchev–Trinajstić information content (AvgIpc) is 2.75. The summed E-state index contributed by atoms with van der Waals surface area (Å²) in [6.07, 6.45) is 2.50. The van der Waals surface area contributed by atoms with E-state index in [1.165, 1.54) is 47.5 Å². The molecule has 0 bridgehead atoms. The van der Waals surface area contributed by atoms with Gasteiger partial charge in [-0.15, -0.1) is 0 Å². The minimum atomic E-state index is 0.464. The molecule has 0 aliphatic carbocycles. The second-order valence-electron chi connectivity index (χ2n) is 7.17. The first kappa shape index (κ1) is 18.2. The molecule has 1 heterocycles. The molecule has 4 rings (SSSR count). The molecule has 0 saturated carbocycles. The van der Waals surface area contributed by atoms with Crippen LogP contribution < -0.4 is 4.90 Å². The second kappa shape index (κ2) is 9.14. The van der Waals surface area contributed by atoms with Crippen LogP contribution in [0, 0.1) is 0 Å². The van der Waals surface area contributed by atoms with Crippen LogP contribution in [0.5, 0.6) is 0 Å². The Bertz CT molecular complexity index is 792. The largest absolute Gasteiger partial charge is 0.370 e. The van der Waals surface area contributed by atoms with Gasteiger partial charge in [-0.3, -0.25) is 0 Å². The molecule has 138 valence electrons. The summed E-state index contributed by atoms with van der Waals surface area (Å²) in [6.45, 7) is 2.33. The van der Waals surface area contributed by atoms with Gasteiger partial charge in [0.2, 0.25) is 0 Å². The third kappa shape index (κ3) is 4.56. The number of para-hydroxylation sites is 1. The van der Waals surface area contributed by atoms with Crippen molar-refractivity contribution in [2.75, 3.05) is 29.5 Å². The molecule has 0 unspecified atom stereocenters. The predicted molar refractivity (Wildman–Crippen MR) is 119 cm³/mol. The second-order valence-corrected chi connectivity index (χ2v) is 8.32. The van der Waals surface area contributed by atoms with Crippen molar-refractivity contribution in [3.05, 3.63) is 102 Å². The predicted octanol–water partition coefficient (Wildman–Crippen LogP) is 6.00. The van der Waals surface area contributed by atoms with Crippen LogP contribution in [0.3, 0.4) is 0 Å². The van der Waals surface area contributed by atoms with Crippen LogP contribution in [0.15, 0.2) is 84.9 Å². The number of fused-ring (bicyclic) bond motifs is 1. The lowest BCUT2D eigenvalue weighted by molar-refractivity contribution is 0.710. The zero-order valence-electron chi connectivity index (χ0n) is 15.8. The Balaban J connectivity index is 1.38. The Kier molecular flexibility index (Phi) is 6.16. The Morgan fingerprint density at radius 3 is 2.11 bits per heavy atom. The van der Waals surface area contributed by atoms with E-state index in [9.17, 15) is 0 Å². The van der Waals surface area contributed by atoms with E-state index in [1.54, 1.807) is 0 Å². The quantitative estimate of drug-likeness (QED) is 0.467. The van der Waals surface area contributed by atoms with Gasteiger partial charge in [-0.25, -0.2) is 0 Å². The summed E-state index contributed by atoms with van der Waals surface area (Å²) in [6, 6.07) is 30.8. The molecule has 0 fully saturated rings. The Morgan fingerprint density at radius 2 is 1.41 bits per heavy atom. The average molecular weight is 374 g/mol. The van der Waals surface area contributed by atoms with Crippen molar-refractivity contribution >= 4 is 17.4 Å². The number of nitrogens with zero attached hydrogens (tertiary/aromatic N) is 1. The van der Waals surface area contributed by atoms with E-state index >= 15 is 0 Å². The van der Waals surface area contributed by atoms with Gasteiger partial charge < -0.3 is 4.90 Å². The van der Waals surface area contributed by atoms with E-state index < -0.39 is 0 Å². The maximum absolute atomic E-state index is 2.58. The highest BCUT2D eigenvalue weighted by atomic mass is 32.2. The summed E-state index contributed by atoms with van der Waals surface area (Å²) in [5.74, 6) is 2.76. The summed E-state index contributed by atoms with van der Waals surface area (Å²) in [4.78, 5) is 2.58. The standard InChI is InChI=1S/C25H27NS/c1-3-10-21(11-4-1)24(22-12-5-2-6-13-22)20-27-19-18-26-17-9-15-23-14-7-8-16-25(23)26/h1-8,10-14,16,24H,9,15,17-20H2. The van der Waals surface area contributed by atoms with Gasteiger partial charge in [0.1, 0.15) is 0 Å². The highest BCUT2D eigenvalue weighted by Gasteiger charge is 2.17.